The van der Waals surface area contributed by atoms with Crippen molar-refractivity contribution in [3.8, 4) is 0 Å². The van der Waals surface area contributed by atoms with Crippen LogP contribution >= 0.6 is 11.6 Å². The number of nitrogens with zero attached hydrogens (tertiary/aromatic N) is 2. The molecule has 0 spiro atoms. The molecule has 2 heterocycles. The van der Waals surface area contributed by atoms with Crippen LogP contribution in [-0.2, 0) is 16.1 Å². The molecule has 1 saturated heterocycles. The van der Waals surface area contributed by atoms with Crippen molar-refractivity contribution in [3.05, 3.63) is 23.9 Å². The standard InChI is InChI=1S/C14H17ClF2N4O2/c15-14(16,17)13(23)20-7-9-3-1-5-19-12(9)21-6-2-4-10(8-21)11(18)22/h1,3,5,10H,2,4,6-8H2,(H2,18,22)(H,20,23). The Bertz CT molecular complexity index is 594. The van der Waals surface area contributed by atoms with Crippen molar-refractivity contribution in [1.29, 1.82) is 0 Å². The number of hydrogen-bond acceptors (Lipinski definition) is 4. The lowest BCUT2D eigenvalue weighted by atomic mass is 9.97. The molecule has 0 saturated carbocycles. The average molecular weight is 347 g/mol. The summed E-state index contributed by atoms with van der Waals surface area (Å²) in [4.78, 5) is 28.7. The topological polar surface area (TPSA) is 88.3 Å². The molecule has 0 aromatic carbocycles. The van der Waals surface area contributed by atoms with Gasteiger partial charge in [-0.05, 0) is 30.5 Å². The zero-order valence-corrected chi connectivity index (χ0v) is 13.0. The number of rotatable bonds is 5. The lowest BCUT2D eigenvalue weighted by Crippen LogP contribution is -2.42. The Labute approximate surface area is 137 Å². The highest BCUT2D eigenvalue weighted by Crippen LogP contribution is 2.25. The van der Waals surface area contributed by atoms with Crippen molar-refractivity contribution < 1.29 is 18.4 Å². The Balaban J connectivity index is 2.11. The first-order valence-electron chi connectivity index (χ1n) is 7.12. The van der Waals surface area contributed by atoms with Crippen molar-refractivity contribution in [2.45, 2.75) is 24.8 Å². The fourth-order valence-electron chi connectivity index (χ4n) is 2.53. The van der Waals surface area contributed by atoms with Gasteiger partial charge in [0.25, 0.3) is 0 Å². The summed E-state index contributed by atoms with van der Waals surface area (Å²) in [5.41, 5.74) is 5.91. The van der Waals surface area contributed by atoms with E-state index < -0.39 is 11.3 Å². The molecule has 2 rings (SSSR count). The predicted molar refractivity (Wildman–Crippen MR) is 81.0 cm³/mol. The monoisotopic (exact) mass is 346 g/mol. The Morgan fingerprint density at radius 1 is 1.52 bits per heavy atom. The SMILES string of the molecule is NC(=O)C1CCCN(c2ncccc2CNC(=O)C(F)(F)Cl)C1. The summed E-state index contributed by atoms with van der Waals surface area (Å²) >= 11 is 4.67. The number of anilines is 1. The van der Waals surface area contributed by atoms with E-state index in [0.29, 0.717) is 30.9 Å². The third kappa shape index (κ3) is 4.51. The van der Waals surface area contributed by atoms with Gasteiger partial charge >= 0.3 is 11.3 Å². The van der Waals surface area contributed by atoms with Crippen LogP contribution in [0.1, 0.15) is 18.4 Å². The second-order valence-corrected chi connectivity index (χ2v) is 5.83. The molecule has 1 aromatic heterocycles. The summed E-state index contributed by atoms with van der Waals surface area (Å²) < 4.78 is 25.4. The number of piperidine rings is 1. The lowest BCUT2D eigenvalue weighted by molar-refractivity contribution is -0.135. The summed E-state index contributed by atoms with van der Waals surface area (Å²) in [6, 6.07) is 3.31. The van der Waals surface area contributed by atoms with Gasteiger partial charge in [-0.2, -0.15) is 8.78 Å². The van der Waals surface area contributed by atoms with E-state index in [2.05, 4.69) is 21.9 Å². The second kappa shape index (κ2) is 7.08. The molecule has 0 aliphatic carbocycles. The number of hydrogen-bond donors (Lipinski definition) is 2. The molecular weight excluding hydrogens is 330 g/mol. The van der Waals surface area contributed by atoms with Gasteiger partial charge in [0, 0.05) is 31.4 Å². The smallest absolute Gasteiger partial charge is 0.369 e. The van der Waals surface area contributed by atoms with Crippen molar-refractivity contribution in [2.24, 2.45) is 11.7 Å². The van der Waals surface area contributed by atoms with E-state index in [9.17, 15) is 18.4 Å². The van der Waals surface area contributed by atoms with Crippen LogP contribution in [0.5, 0.6) is 0 Å². The number of nitrogens with one attached hydrogen (secondary N) is 1. The molecule has 1 aliphatic heterocycles. The number of primary amides is 1. The van der Waals surface area contributed by atoms with Crippen molar-refractivity contribution in [2.75, 3.05) is 18.0 Å². The van der Waals surface area contributed by atoms with Crippen molar-refractivity contribution in [3.63, 3.8) is 0 Å². The molecule has 23 heavy (non-hydrogen) atoms. The fourth-order valence-corrected chi connectivity index (χ4v) is 2.60. The third-order valence-corrected chi connectivity index (χ3v) is 3.86. The van der Waals surface area contributed by atoms with Gasteiger partial charge in [-0.25, -0.2) is 4.98 Å². The van der Waals surface area contributed by atoms with Gasteiger partial charge in [-0.15, -0.1) is 0 Å². The molecule has 1 aliphatic rings. The van der Waals surface area contributed by atoms with Crippen LogP contribution in [0.25, 0.3) is 0 Å². The van der Waals surface area contributed by atoms with Crippen LogP contribution in [0, 0.1) is 5.92 Å². The number of carbonyl (C=O) groups excluding carboxylic acids is 2. The number of halogens is 3. The molecule has 6 nitrogen and oxygen atoms in total. The lowest BCUT2D eigenvalue weighted by Gasteiger charge is -2.33. The van der Waals surface area contributed by atoms with E-state index in [1.807, 2.05) is 4.90 Å². The van der Waals surface area contributed by atoms with E-state index in [1.54, 1.807) is 18.3 Å². The zero-order valence-electron chi connectivity index (χ0n) is 12.3. The highest BCUT2D eigenvalue weighted by molar-refractivity contribution is 6.32. The fraction of sp³-hybridized carbons (Fsp3) is 0.500. The van der Waals surface area contributed by atoms with E-state index in [-0.39, 0.29) is 18.4 Å². The minimum atomic E-state index is -3.95. The predicted octanol–water partition coefficient (Wildman–Crippen LogP) is 1.23. The van der Waals surface area contributed by atoms with Gasteiger partial charge in [-0.1, -0.05) is 6.07 Å². The normalized spacial score (nSPS) is 18.6. The Hall–Kier alpha value is -1.96. The van der Waals surface area contributed by atoms with Crippen LogP contribution in [0.3, 0.4) is 0 Å². The number of alkyl halides is 3. The largest absolute Gasteiger partial charge is 0.399 e. The summed E-state index contributed by atoms with van der Waals surface area (Å²) in [5.74, 6) is -1.68. The minimum Gasteiger partial charge on any atom is -0.369 e. The first-order valence-corrected chi connectivity index (χ1v) is 7.50. The number of amides is 2. The molecule has 2 amide bonds. The molecular formula is C14H17ClF2N4O2. The molecule has 9 heteroatoms. The highest BCUT2D eigenvalue weighted by atomic mass is 35.5. The van der Waals surface area contributed by atoms with Crippen LogP contribution in [-0.4, -0.2) is 35.3 Å². The molecule has 1 unspecified atom stereocenters. The van der Waals surface area contributed by atoms with Gasteiger partial charge in [0.2, 0.25) is 5.91 Å². The number of pyridine rings is 1. The molecule has 0 bridgehead atoms. The van der Waals surface area contributed by atoms with E-state index in [0.717, 1.165) is 6.42 Å². The summed E-state index contributed by atoms with van der Waals surface area (Å²) in [6.07, 6.45) is 3.05. The Morgan fingerprint density at radius 2 is 2.26 bits per heavy atom. The van der Waals surface area contributed by atoms with E-state index in [1.165, 1.54) is 0 Å². The van der Waals surface area contributed by atoms with Gasteiger partial charge in [-0.3, -0.25) is 9.59 Å². The molecule has 0 radical (unpaired) electrons. The van der Waals surface area contributed by atoms with Gasteiger partial charge in [0.1, 0.15) is 5.82 Å². The molecule has 1 fully saturated rings. The molecule has 3 N–H and O–H groups in total. The zero-order chi connectivity index (χ0) is 17.0. The number of nitrogens with two attached hydrogens (primary N) is 1. The van der Waals surface area contributed by atoms with Gasteiger partial charge < -0.3 is 16.0 Å². The highest BCUT2D eigenvalue weighted by Gasteiger charge is 2.35. The Kier molecular flexibility index (Phi) is 5.35. The van der Waals surface area contributed by atoms with Crippen LogP contribution < -0.4 is 16.0 Å². The third-order valence-electron chi connectivity index (χ3n) is 3.69. The minimum absolute atomic E-state index is 0.137. The second-order valence-electron chi connectivity index (χ2n) is 5.35. The number of carbonyl (C=O) groups is 2. The first-order chi connectivity index (χ1) is 10.8. The van der Waals surface area contributed by atoms with Gasteiger partial charge in [0.05, 0.1) is 5.92 Å². The maximum atomic E-state index is 12.7. The van der Waals surface area contributed by atoms with E-state index in [4.69, 9.17) is 5.73 Å². The maximum Gasteiger partial charge on any atom is 0.399 e. The van der Waals surface area contributed by atoms with Crippen molar-refractivity contribution >= 4 is 29.2 Å². The van der Waals surface area contributed by atoms with E-state index >= 15 is 0 Å². The summed E-state index contributed by atoms with van der Waals surface area (Å²) in [7, 11) is 0. The van der Waals surface area contributed by atoms with Crippen molar-refractivity contribution in [1.82, 2.24) is 10.3 Å². The summed E-state index contributed by atoms with van der Waals surface area (Å²) in [5, 5.41) is -1.88. The molecule has 1 aromatic rings. The van der Waals surface area contributed by atoms with Crippen LogP contribution in [0.15, 0.2) is 18.3 Å². The van der Waals surface area contributed by atoms with Crippen LogP contribution in [0.4, 0.5) is 14.6 Å². The Morgan fingerprint density at radius 3 is 2.91 bits per heavy atom. The summed E-state index contributed by atoms with van der Waals surface area (Å²) in [6.45, 7) is 0.953. The average Bonchev–Trinajstić information content (AvgIpc) is 2.52. The number of aromatic nitrogens is 1. The van der Waals surface area contributed by atoms with Crippen LogP contribution in [0.2, 0.25) is 0 Å². The maximum absolute atomic E-state index is 12.7. The quantitative estimate of drug-likeness (QED) is 0.785. The molecule has 1 atom stereocenters. The van der Waals surface area contributed by atoms with Gasteiger partial charge in [0.15, 0.2) is 0 Å². The first kappa shape index (κ1) is 17.4. The molecule has 126 valence electrons.